The average Bonchev–Trinajstić information content (AvgIpc) is 3.37. The molecule has 8 heteroatoms. The molecule has 0 amide bonds. The lowest BCUT2D eigenvalue weighted by molar-refractivity contribution is -0.143. The number of hydrogen-bond donors (Lipinski definition) is 1. The lowest BCUT2D eigenvalue weighted by Gasteiger charge is -2.19. The van der Waals surface area contributed by atoms with E-state index in [0.717, 1.165) is 60.2 Å². The highest BCUT2D eigenvalue weighted by Gasteiger charge is 2.23. The Kier molecular flexibility index (Phi) is 7.63. The van der Waals surface area contributed by atoms with Crippen LogP contribution in [0.4, 0.5) is 5.82 Å². The first-order valence-electron chi connectivity index (χ1n) is 13.0. The quantitative estimate of drug-likeness (QED) is 0.310. The van der Waals surface area contributed by atoms with Gasteiger partial charge in [0.25, 0.3) is 0 Å². The maximum absolute atomic E-state index is 12.5. The van der Waals surface area contributed by atoms with Crippen molar-refractivity contribution in [2.75, 3.05) is 25.6 Å². The van der Waals surface area contributed by atoms with Crippen molar-refractivity contribution in [3.05, 3.63) is 77.2 Å². The van der Waals surface area contributed by atoms with E-state index in [2.05, 4.69) is 40.6 Å². The van der Waals surface area contributed by atoms with Gasteiger partial charge >= 0.3 is 5.97 Å². The van der Waals surface area contributed by atoms with E-state index in [1.807, 2.05) is 23.9 Å². The number of aryl methyl sites for hydroxylation is 3. The summed E-state index contributed by atoms with van der Waals surface area (Å²) in [4.78, 5) is 21.7. The van der Waals surface area contributed by atoms with Crippen LogP contribution in [0.25, 0.3) is 10.9 Å². The van der Waals surface area contributed by atoms with Crippen LogP contribution in [0.15, 0.2) is 54.9 Å². The zero-order valence-corrected chi connectivity index (χ0v) is 21.4. The Morgan fingerprint density at radius 2 is 2.05 bits per heavy atom. The highest BCUT2D eigenvalue weighted by atomic mass is 16.5. The Bertz CT molecular complexity index is 1370. The number of benzene rings is 1. The number of rotatable bonds is 10. The number of pyridine rings is 2. The van der Waals surface area contributed by atoms with Crippen LogP contribution in [0.2, 0.25) is 0 Å². The van der Waals surface area contributed by atoms with Crippen LogP contribution in [0.1, 0.15) is 54.6 Å². The molecule has 1 unspecified atom stereocenters. The van der Waals surface area contributed by atoms with Gasteiger partial charge in [-0.2, -0.15) is 5.10 Å². The summed E-state index contributed by atoms with van der Waals surface area (Å²) in [6, 6.07) is 14.0. The van der Waals surface area contributed by atoms with E-state index in [-0.39, 0.29) is 18.4 Å². The third-order valence-electron chi connectivity index (χ3n) is 6.88. The fraction of sp³-hybridized carbons (Fsp3) is 0.379. The highest BCUT2D eigenvalue weighted by Crippen LogP contribution is 2.29. The minimum Gasteiger partial charge on any atom is -0.481 e. The summed E-state index contributed by atoms with van der Waals surface area (Å²) < 4.78 is 12.4. The van der Waals surface area contributed by atoms with Gasteiger partial charge in [-0.15, -0.1) is 0 Å². The van der Waals surface area contributed by atoms with Crippen LogP contribution < -0.4 is 10.1 Å². The molecule has 0 bridgehead atoms. The van der Waals surface area contributed by atoms with Gasteiger partial charge in [0, 0.05) is 29.9 Å². The number of carbonyl (C=O) groups is 1. The van der Waals surface area contributed by atoms with Gasteiger partial charge in [-0.25, -0.2) is 9.97 Å². The second-order valence-electron chi connectivity index (χ2n) is 9.29. The molecule has 1 atom stereocenters. The first-order chi connectivity index (χ1) is 18.2. The number of esters is 1. The van der Waals surface area contributed by atoms with Gasteiger partial charge in [-0.1, -0.05) is 18.2 Å². The predicted molar refractivity (Wildman–Crippen MR) is 143 cm³/mol. The Balaban J connectivity index is 1.36. The molecule has 5 rings (SSSR count). The SMILES string of the molecule is CCOC(=O)CC(c1ccc(OC)nc1)n1ncc2c(CCCc3ccc4c(n3)NCCC4)cccc21. The molecule has 0 aliphatic carbocycles. The van der Waals surface area contributed by atoms with E-state index >= 15 is 0 Å². The Hall–Kier alpha value is -3.94. The van der Waals surface area contributed by atoms with Crippen LogP contribution in [-0.2, 0) is 28.8 Å². The van der Waals surface area contributed by atoms with Crippen molar-refractivity contribution in [3.63, 3.8) is 0 Å². The Labute approximate surface area is 217 Å². The van der Waals surface area contributed by atoms with E-state index < -0.39 is 0 Å². The van der Waals surface area contributed by atoms with Crippen molar-refractivity contribution in [2.24, 2.45) is 0 Å². The molecule has 4 heterocycles. The monoisotopic (exact) mass is 499 g/mol. The maximum Gasteiger partial charge on any atom is 0.308 e. The molecule has 8 nitrogen and oxygen atoms in total. The van der Waals surface area contributed by atoms with Gasteiger partial charge in [-0.05, 0) is 73.9 Å². The summed E-state index contributed by atoms with van der Waals surface area (Å²) in [6.45, 7) is 3.15. The number of aromatic nitrogens is 4. The number of ether oxygens (including phenoxy) is 2. The first-order valence-corrected chi connectivity index (χ1v) is 13.0. The third kappa shape index (κ3) is 5.58. The van der Waals surface area contributed by atoms with Gasteiger partial charge in [0.05, 0.1) is 37.9 Å². The largest absolute Gasteiger partial charge is 0.481 e. The standard InChI is InChI=1S/C29H33N5O3/c1-3-37-28(35)17-26(22-13-15-27(36-2)31-18-22)34-25-11-5-8-20(24(25)19-32-34)7-4-10-23-14-12-21-9-6-16-30-29(21)33-23/h5,8,11-15,18-19,26H,3-4,6-7,9-10,16-17H2,1-2H3,(H,30,33). The fourth-order valence-corrected chi connectivity index (χ4v) is 5.00. The number of fused-ring (bicyclic) bond motifs is 2. The van der Waals surface area contributed by atoms with Crippen molar-refractivity contribution in [1.29, 1.82) is 0 Å². The lowest BCUT2D eigenvalue weighted by atomic mass is 10.0. The third-order valence-corrected chi connectivity index (χ3v) is 6.88. The van der Waals surface area contributed by atoms with Gasteiger partial charge < -0.3 is 14.8 Å². The number of nitrogens with one attached hydrogen (secondary N) is 1. The van der Waals surface area contributed by atoms with Crippen molar-refractivity contribution >= 4 is 22.7 Å². The van der Waals surface area contributed by atoms with Gasteiger partial charge in [0.15, 0.2) is 0 Å². The second-order valence-corrected chi connectivity index (χ2v) is 9.29. The first kappa shape index (κ1) is 24.7. The smallest absolute Gasteiger partial charge is 0.308 e. The van der Waals surface area contributed by atoms with Crippen LogP contribution in [0.5, 0.6) is 5.88 Å². The molecule has 192 valence electrons. The van der Waals surface area contributed by atoms with E-state index in [0.29, 0.717) is 12.5 Å². The molecule has 1 aromatic carbocycles. The molecule has 1 N–H and O–H groups in total. The summed E-state index contributed by atoms with van der Waals surface area (Å²) in [5, 5.41) is 9.25. The van der Waals surface area contributed by atoms with Gasteiger partial charge in [0.1, 0.15) is 5.82 Å². The van der Waals surface area contributed by atoms with Crippen molar-refractivity contribution in [2.45, 2.75) is 51.5 Å². The average molecular weight is 500 g/mol. The highest BCUT2D eigenvalue weighted by molar-refractivity contribution is 5.83. The molecule has 3 aromatic heterocycles. The molecule has 0 saturated carbocycles. The zero-order chi connectivity index (χ0) is 25.6. The van der Waals surface area contributed by atoms with Crippen LogP contribution >= 0.6 is 0 Å². The van der Waals surface area contributed by atoms with E-state index in [4.69, 9.17) is 19.6 Å². The molecule has 37 heavy (non-hydrogen) atoms. The Morgan fingerprint density at radius 1 is 1.14 bits per heavy atom. The summed E-state index contributed by atoms with van der Waals surface area (Å²) in [5.74, 6) is 1.30. The number of anilines is 1. The molecular formula is C29H33N5O3. The number of carbonyl (C=O) groups excluding carboxylic acids is 1. The summed E-state index contributed by atoms with van der Waals surface area (Å²) in [5.41, 5.74) is 5.53. The zero-order valence-electron chi connectivity index (χ0n) is 21.4. The predicted octanol–water partition coefficient (Wildman–Crippen LogP) is 4.91. The molecule has 0 saturated heterocycles. The number of nitrogens with zero attached hydrogens (tertiary/aromatic N) is 4. The summed E-state index contributed by atoms with van der Waals surface area (Å²) >= 11 is 0. The van der Waals surface area contributed by atoms with Gasteiger partial charge in [-0.3, -0.25) is 9.48 Å². The minimum atomic E-state index is -0.336. The van der Waals surface area contributed by atoms with Crippen LogP contribution in [0, 0.1) is 0 Å². The second kappa shape index (κ2) is 11.4. The van der Waals surface area contributed by atoms with Gasteiger partial charge in [0.2, 0.25) is 5.88 Å². The van der Waals surface area contributed by atoms with Crippen molar-refractivity contribution in [1.82, 2.24) is 19.7 Å². The number of hydrogen-bond acceptors (Lipinski definition) is 7. The van der Waals surface area contributed by atoms with E-state index in [1.165, 1.54) is 17.5 Å². The summed E-state index contributed by atoms with van der Waals surface area (Å²) in [6.07, 6.45) is 8.91. The van der Waals surface area contributed by atoms with Crippen molar-refractivity contribution in [3.8, 4) is 5.88 Å². The molecule has 0 radical (unpaired) electrons. The minimum absolute atomic E-state index is 0.168. The van der Waals surface area contributed by atoms with Crippen LogP contribution in [-0.4, -0.2) is 46.0 Å². The van der Waals surface area contributed by atoms with Crippen LogP contribution in [0.3, 0.4) is 0 Å². The van der Waals surface area contributed by atoms with Crippen molar-refractivity contribution < 1.29 is 14.3 Å². The topological polar surface area (TPSA) is 91.2 Å². The molecule has 0 fully saturated rings. The molecule has 1 aliphatic rings. The summed E-state index contributed by atoms with van der Waals surface area (Å²) in [7, 11) is 1.58. The lowest BCUT2D eigenvalue weighted by Crippen LogP contribution is -2.18. The fourth-order valence-electron chi connectivity index (χ4n) is 5.00. The molecule has 4 aromatic rings. The molecule has 1 aliphatic heterocycles. The van der Waals surface area contributed by atoms with E-state index in [9.17, 15) is 4.79 Å². The van der Waals surface area contributed by atoms with E-state index in [1.54, 1.807) is 19.4 Å². The maximum atomic E-state index is 12.5. The number of methoxy groups -OCH3 is 1. The molecule has 0 spiro atoms. The molecular weight excluding hydrogens is 466 g/mol. The Morgan fingerprint density at radius 3 is 2.86 bits per heavy atom. The normalized spacial score (nSPS) is 13.6.